The van der Waals surface area contributed by atoms with Crippen molar-refractivity contribution in [2.75, 3.05) is 6.54 Å². The minimum Gasteiger partial charge on any atom is -0.391 e. The van der Waals surface area contributed by atoms with E-state index < -0.39 is 24.1 Å². The number of allylic oxidation sites excluding steroid dienone is 2. The molecule has 0 aromatic carbocycles. The van der Waals surface area contributed by atoms with Gasteiger partial charge in [-0.15, -0.1) is 12.3 Å². The zero-order chi connectivity index (χ0) is 21.1. The third kappa shape index (κ3) is 2.95. The number of ketones is 1. The number of fused-ring (bicyclic) bond motifs is 3. The number of carbonyl (C=O) groups excluding carboxylic acids is 1. The molecule has 4 heterocycles. The molecule has 0 amide bonds. The van der Waals surface area contributed by atoms with Crippen LogP contribution in [0.25, 0.3) is 0 Å². The quantitative estimate of drug-likeness (QED) is 0.564. The van der Waals surface area contributed by atoms with Crippen LogP contribution in [0.15, 0.2) is 24.3 Å². The molecule has 9 atom stereocenters. The zero-order valence-corrected chi connectivity index (χ0v) is 17.3. The predicted octanol–water partition coefficient (Wildman–Crippen LogP) is 1.47. The summed E-state index contributed by atoms with van der Waals surface area (Å²) in [6.45, 7) is 4.71. The first kappa shape index (κ1) is 20.4. The summed E-state index contributed by atoms with van der Waals surface area (Å²) in [6, 6.07) is -0.148. The molecule has 4 fully saturated rings. The molecule has 6 nitrogen and oxygen atoms in total. The lowest BCUT2D eigenvalue weighted by atomic mass is 9.58. The highest BCUT2D eigenvalue weighted by molar-refractivity contribution is 5.88. The molecule has 162 valence electrons. The molecule has 4 aliphatic heterocycles. The van der Waals surface area contributed by atoms with Crippen molar-refractivity contribution in [3.8, 4) is 12.3 Å². The largest absolute Gasteiger partial charge is 0.391 e. The topological polar surface area (TPSA) is 88.0 Å². The van der Waals surface area contributed by atoms with Crippen LogP contribution in [0.2, 0.25) is 0 Å². The number of carbonyl (C=O) groups is 1. The summed E-state index contributed by atoms with van der Waals surface area (Å²) in [5.41, 5.74) is 0.781. The van der Waals surface area contributed by atoms with Crippen LogP contribution in [-0.2, 0) is 14.3 Å². The molecule has 5 rings (SSSR count). The van der Waals surface area contributed by atoms with Crippen molar-refractivity contribution in [2.24, 2.45) is 17.3 Å². The second kappa shape index (κ2) is 7.29. The van der Waals surface area contributed by atoms with Crippen LogP contribution in [0.4, 0.5) is 0 Å². The van der Waals surface area contributed by atoms with Crippen molar-refractivity contribution >= 4 is 5.78 Å². The fraction of sp³-hybridized carbons (Fsp3) is 0.708. The van der Waals surface area contributed by atoms with Gasteiger partial charge >= 0.3 is 0 Å². The van der Waals surface area contributed by atoms with Crippen LogP contribution in [0.5, 0.6) is 0 Å². The van der Waals surface area contributed by atoms with E-state index in [0.29, 0.717) is 19.3 Å². The average Bonchev–Trinajstić information content (AvgIpc) is 3.35. The first-order valence-electron chi connectivity index (χ1n) is 11.2. The minimum absolute atomic E-state index is 0.148. The van der Waals surface area contributed by atoms with Crippen molar-refractivity contribution in [1.29, 1.82) is 0 Å². The van der Waals surface area contributed by atoms with Crippen molar-refractivity contribution in [3.05, 3.63) is 24.3 Å². The molecule has 6 heteroatoms. The fourth-order valence-electron chi connectivity index (χ4n) is 6.75. The molecule has 1 unspecified atom stereocenters. The molecule has 0 radical (unpaired) electrons. The maximum Gasteiger partial charge on any atom is 0.190 e. The molecule has 0 aromatic heterocycles. The highest BCUT2D eigenvalue weighted by atomic mass is 16.7. The molecule has 4 saturated heterocycles. The Bertz CT molecular complexity index is 817. The molecular formula is C24H31NO5. The van der Waals surface area contributed by atoms with E-state index in [1.54, 1.807) is 0 Å². The summed E-state index contributed by atoms with van der Waals surface area (Å²) in [6.07, 6.45) is 11.0. The van der Waals surface area contributed by atoms with Gasteiger partial charge in [0.15, 0.2) is 11.6 Å². The van der Waals surface area contributed by atoms with E-state index in [-0.39, 0.29) is 41.6 Å². The molecular weight excluding hydrogens is 382 g/mol. The summed E-state index contributed by atoms with van der Waals surface area (Å²) in [5, 5.41) is 25.6. The number of Topliss-reactive ketones (excluding diaryl/α,β-unsaturated/α-hetero) is 1. The van der Waals surface area contributed by atoms with Gasteiger partial charge in [0.2, 0.25) is 0 Å². The predicted molar refractivity (Wildman–Crippen MR) is 110 cm³/mol. The molecule has 3 N–H and O–H groups in total. The Balaban J connectivity index is 1.65. The maximum absolute atomic E-state index is 13.5. The molecule has 2 spiro atoms. The highest BCUT2D eigenvalue weighted by Crippen LogP contribution is 2.55. The molecule has 30 heavy (non-hydrogen) atoms. The number of nitrogens with one attached hydrogen (secondary N) is 1. The lowest BCUT2D eigenvalue weighted by Crippen LogP contribution is -2.61. The van der Waals surface area contributed by atoms with Crippen LogP contribution in [-0.4, -0.2) is 58.8 Å². The van der Waals surface area contributed by atoms with Gasteiger partial charge in [0.05, 0.1) is 12.2 Å². The fourth-order valence-corrected chi connectivity index (χ4v) is 6.75. The zero-order valence-electron chi connectivity index (χ0n) is 17.3. The van der Waals surface area contributed by atoms with E-state index in [4.69, 9.17) is 15.9 Å². The van der Waals surface area contributed by atoms with E-state index in [1.165, 1.54) is 0 Å². The van der Waals surface area contributed by atoms with E-state index >= 15 is 0 Å². The smallest absolute Gasteiger partial charge is 0.190 e. The number of ether oxygens (including phenoxy) is 2. The van der Waals surface area contributed by atoms with Gasteiger partial charge in [-0.25, -0.2) is 0 Å². The third-order valence-electron chi connectivity index (χ3n) is 8.27. The van der Waals surface area contributed by atoms with E-state index in [9.17, 15) is 15.0 Å². The maximum atomic E-state index is 13.5. The van der Waals surface area contributed by atoms with Gasteiger partial charge in [-0.1, -0.05) is 24.3 Å². The molecule has 0 saturated carbocycles. The normalized spacial score (nSPS) is 50.5. The van der Waals surface area contributed by atoms with Gasteiger partial charge in [-0.2, -0.15) is 0 Å². The summed E-state index contributed by atoms with van der Waals surface area (Å²) in [5.74, 6) is 0.715. The summed E-state index contributed by atoms with van der Waals surface area (Å²) >= 11 is 0. The van der Waals surface area contributed by atoms with Crippen molar-refractivity contribution < 1.29 is 24.5 Å². The van der Waals surface area contributed by atoms with Crippen molar-refractivity contribution in [1.82, 2.24) is 5.32 Å². The average molecular weight is 414 g/mol. The number of hydrogen-bond donors (Lipinski definition) is 3. The third-order valence-corrected chi connectivity index (χ3v) is 8.27. The standard InChI is InChI=1S/C24H31NO5/c1-3-14-5-7-23-9-10-25-22(23)18(27)13-24-8-6-19(29-24)15(4-2)12-17(26)20(28)21(30-24)16(23)11-14/h2-3,11,15-19,21-22,25-27H,1,5-10,12-13H2/t15-,16+,17+,18-,19-,21-,22?,23+,24+/m0/s1. The lowest BCUT2D eigenvalue weighted by Gasteiger charge is -2.52. The van der Waals surface area contributed by atoms with Gasteiger partial charge in [-0.05, 0) is 44.1 Å². The molecule has 1 aliphatic carbocycles. The number of hydrogen-bond acceptors (Lipinski definition) is 6. The van der Waals surface area contributed by atoms with Gasteiger partial charge < -0.3 is 25.0 Å². The van der Waals surface area contributed by atoms with Gasteiger partial charge in [-0.3, -0.25) is 4.79 Å². The van der Waals surface area contributed by atoms with Gasteiger partial charge in [0.1, 0.15) is 12.2 Å². The van der Waals surface area contributed by atoms with Crippen LogP contribution < -0.4 is 5.32 Å². The van der Waals surface area contributed by atoms with Crippen LogP contribution in [0.3, 0.4) is 0 Å². The SMILES string of the molecule is C#C[C@H]1C[C@@H](O)C(=O)[C@H]2O[C@]3(CC[C@@H]1O3)C[C@H](O)C1NCC[C@@]13CCC(C=C)=C[C@H]23. The Morgan fingerprint density at radius 3 is 2.90 bits per heavy atom. The molecule has 5 aliphatic rings. The Morgan fingerprint density at radius 1 is 1.30 bits per heavy atom. The second-order valence-electron chi connectivity index (χ2n) is 9.73. The van der Waals surface area contributed by atoms with E-state index in [0.717, 1.165) is 31.4 Å². The second-order valence-corrected chi connectivity index (χ2v) is 9.73. The lowest BCUT2D eigenvalue weighted by molar-refractivity contribution is -0.280. The van der Waals surface area contributed by atoms with Crippen molar-refractivity contribution in [2.45, 2.75) is 81.2 Å². The number of rotatable bonds is 1. The molecule has 3 bridgehead atoms. The summed E-state index contributed by atoms with van der Waals surface area (Å²) < 4.78 is 12.9. The minimum atomic E-state index is -1.19. The monoisotopic (exact) mass is 413 g/mol. The Labute approximate surface area is 177 Å². The first-order valence-corrected chi connectivity index (χ1v) is 11.2. The first-order chi connectivity index (χ1) is 14.4. The Hall–Kier alpha value is -1.49. The Kier molecular flexibility index (Phi) is 4.96. The van der Waals surface area contributed by atoms with E-state index in [1.807, 2.05) is 6.08 Å². The number of aliphatic hydroxyl groups excluding tert-OH is 2. The number of terminal acetylenes is 1. The van der Waals surface area contributed by atoms with Crippen LogP contribution in [0, 0.1) is 29.6 Å². The summed E-state index contributed by atoms with van der Waals surface area (Å²) in [7, 11) is 0. The number of aliphatic hydroxyl groups is 2. The highest BCUT2D eigenvalue weighted by Gasteiger charge is 2.61. The molecule has 0 aromatic rings. The van der Waals surface area contributed by atoms with Crippen molar-refractivity contribution in [3.63, 3.8) is 0 Å². The van der Waals surface area contributed by atoms with Crippen LogP contribution in [0.1, 0.15) is 44.9 Å². The van der Waals surface area contributed by atoms with E-state index in [2.05, 4.69) is 23.9 Å². The van der Waals surface area contributed by atoms with Gasteiger partial charge in [0, 0.05) is 30.7 Å². The van der Waals surface area contributed by atoms with Gasteiger partial charge in [0.25, 0.3) is 0 Å². The Morgan fingerprint density at radius 2 is 2.13 bits per heavy atom. The van der Waals surface area contributed by atoms with Crippen LogP contribution >= 0.6 is 0 Å². The summed E-state index contributed by atoms with van der Waals surface area (Å²) in [4.78, 5) is 13.5.